The van der Waals surface area contributed by atoms with Gasteiger partial charge in [0.25, 0.3) is 0 Å². The smallest absolute Gasteiger partial charge is 0.192 e. The minimum absolute atomic E-state index is 0.148. The van der Waals surface area contributed by atoms with Crippen molar-refractivity contribution in [3.05, 3.63) is 24.8 Å². The Labute approximate surface area is 112 Å². The summed E-state index contributed by atoms with van der Waals surface area (Å²) in [5.41, 5.74) is 0. The fourth-order valence-electron chi connectivity index (χ4n) is 1.04. The number of aliphatic hydroxyl groups excluding tert-OH is 2. The van der Waals surface area contributed by atoms with Crippen molar-refractivity contribution in [3.63, 3.8) is 0 Å². The van der Waals surface area contributed by atoms with Gasteiger partial charge < -0.3 is 14.6 Å². The first-order valence-corrected chi connectivity index (χ1v) is 9.30. The van der Waals surface area contributed by atoms with Crippen LogP contribution in [0.5, 0.6) is 0 Å². The Morgan fingerprint density at radius 1 is 1.22 bits per heavy atom. The highest BCUT2D eigenvalue weighted by Crippen LogP contribution is 2.36. The van der Waals surface area contributed by atoms with Crippen molar-refractivity contribution >= 4 is 8.32 Å². The van der Waals surface area contributed by atoms with E-state index in [1.807, 2.05) is 0 Å². The number of rotatable bonds is 7. The molecule has 2 N–H and O–H groups in total. The fraction of sp³-hybridized carbons (Fsp3) is 0.714. The average Bonchev–Trinajstić information content (AvgIpc) is 2.24. The van der Waals surface area contributed by atoms with Crippen LogP contribution in [0.2, 0.25) is 18.1 Å². The average molecular weight is 272 g/mol. The van der Waals surface area contributed by atoms with Crippen molar-refractivity contribution in [2.75, 3.05) is 6.61 Å². The van der Waals surface area contributed by atoms with Crippen LogP contribution in [0.1, 0.15) is 27.2 Å². The first-order chi connectivity index (χ1) is 8.10. The van der Waals surface area contributed by atoms with Gasteiger partial charge in [0.15, 0.2) is 8.32 Å². The number of hydrogen-bond donors (Lipinski definition) is 2. The van der Waals surface area contributed by atoms with Gasteiger partial charge >= 0.3 is 0 Å². The van der Waals surface area contributed by atoms with Crippen molar-refractivity contribution in [2.24, 2.45) is 0 Å². The molecule has 18 heavy (non-hydrogen) atoms. The van der Waals surface area contributed by atoms with Crippen molar-refractivity contribution in [2.45, 2.75) is 57.5 Å². The third-order valence-electron chi connectivity index (χ3n) is 3.43. The van der Waals surface area contributed by atoms with Crippen molar-refractivity contribution < 1.29 is 14.6 Å². The van der Waals surface area contributed by atoms with Gasteiger partial charge in [-0.3, -0.25) is 0 Å². The summed E-state index contributed by atoms with van der Waals surface area (Å²) in [4.78, 5) is 0. The molecule has 106 valence electrons. The normalized spacial score (nSPS) is 16.8. The summed E-state index contributed by atoms with van der Waals surface area (Å²) in [6.45, 7) is 14.6. The lowest BCUT2D eigenvalue weighted by atomic mass is 10.2. The minimum Gasteiger partial charge on any atom is -0.414 e. The SMILES string of the molecule is C=C[C@@H](O)C/C=C\[C@H](O)CO[Si](C)(C)C(C)(C)C. The Kier molecular flexibility index (Phi) is 7.07. The van der Waals surface area contributed by atoms with Crippen LogP contribution >= 0.6 is 0 Å². The van der Waals surface area contributed by atoms with E-state index in [0.29, 0.717) is 13.0 Å². The Morgan fingerprint density at radius 2 is 1.78 bits per heavy atom. The zero-order valence-electron chi connectivity index (χ0n) is 12.3. The lowest BCUT2D eigenvalue weighted by molar-refractivity contribution is 0.135. The van der Waals surface area contributed by atoms with E-state index in [4.69, 9.17) is 4.43 Å². The lowest BCUT2D eigenvalue weighted by Crippen LogP contribution is -2.42. The Morgan fingerprint density at radius 3 is 2.22 bits per heavy atom. The minimum atomic E-state index is -1.80. The monoisotopic (exact) mass is 272 g/mol. The molecule has 0 unspecified atom stereocenters. The molecule has 0 aliphatic heterocycles. The molecule has 0 radical (unpaired) electrons. The maximum absolute atomic E-state index is 9.77. The topological polar surface area (TPSA) is 49.7 Å². The molecule has 0 bridgehead atoms. The van der Waals surface area contributed by atoms with Crippen LogP contribution in [-0.2, 0) is 4.43 Å². The largest absolute Gasteiger partial charge is 0.414 e. The second-order valence-corrected chi connectivity index (χ2v) is 10.9. The highest BCUT2D eigenvalue weighted by molar-refractivity contribution is 6.74. The number of aliphatic hydroxyl groups is 2. The van der Waals surface area contributed by atoms with E-state index >= 15 is 0 Å². The van der Waals surface area contributed by atoms with Crippen LogP contribution in [0.25, 0.3) is 0 Å². The third kappa shape index (κ3) is 6.49. The molecule has 2 atom stereocenters. The van der Waals surface area contributed by atoms with Crippen LogP contribution in [-0.4, -0.2) is 37.3 Å². The van der Waals surface area contributed by atoms with Gasteiger partial charge in [0.05, 0.1) is 18.8 Å². The van der Waals surface area contributed by atoms with E-state index in [-0.39, 0.29) is 5.04 Å². The van der Waals surface area contributed by atoms with Crippen LogP contribution in [0.15, 0.2) is 24.8 Å². The summed E-state index contributed by atoms with van der Waals surface area (Å²) >= 11 is 0. The van der Waals surface area contributed by atoms with Crippen molar-refractivity contribution in [1.29, 1.82) is 0 Å². The summed E-state index contributed by atoms with van der Waals surface area (Å²) in [6.07, 6.45) is 4.21. The van der Waals surface area contributed by atoms with E-state index in [2.05, 4.69) is 40.4 Å². The van der Waals surface area contributed by atoms with Crippen LogP contribution in [0.4, 0.5) is 0 Å². The first-order valence-electron chi connectivity index (χ1n) is 6.39. The van der Waals surface area contributed by atoms with Gasteiger partial charge in [0.1, 0.15) is 0 Å². The predicted molar refractivity (Wildman–Crippen MR) is 79.1 cm³/mol. The molecule has 0 saturated carbocycles. The molecule has 0 rings (SSSR count). The third-order valence-corrected chi connectivity index (χ3v) is 7.93. The summed E-state index contributed by atoms with van der Waals surface area (Å²) in [5, 5.41) is 19.2. The molecule has 4 heteroatoms. The van der Waals surface area contributed by atoms with Gasteiger partial charge in [-0.1, -0.05) is 39.0 Å². The Balaban J connectivity index is 4.11. The van der Waals surface area contributed by atoms with Crippen LogP contribution < -0.4 is 0 Å². The Bertz CT molecular complexity index is 279. The standard InChI is InChI=1S/C14H28O3Si/c1-7-12(15)9-8-10-13(16)11-17-18(5,6)14(2,3)4/h7-8,10,12-13,15-16H,1,9,11H2,2-6H3/b10-8-/t12-,13+/m1/s1. The van der Waals surface area contributed by atoms with Gasteiger partial charge in [-0.05, 0) is 24.6 Å². The molecular weight excluding hydrogens is 244 g/mol. The second kappa shape index (κ2) is 7.24. The van der Waals surface area contributed by atoms with Crippen LogP contribution in [0.3, 0.4) is 0 Å². The first kappa shape index (κ1) is 17.6. The highest BCUT2D eigenvalue weighted by atomic mass is 28.4. The van der Waals surface area contributed by atoms with E-state index in [9.17, 15) is 10.2 Å². The lowest BCUT2D eigenvalue weighted by Gasteiger charge is -2.36. The van der Waals surface area contributed by atoms with E-state index in [1.165, 1.54) is 6.08 Å². The van der Waals surface area contributed by atoms with Gasteiger partial charge in [-0.25, -0.2) is 0 Å². The summed E-state index contributed by atoms with van der Waals surface area (Å²) in [6, 6.07) is 0. The number of hydrogen-bond acceptors (Lipinski definition) is 3. The zero-order valence-corrected chi connectivity index (χ0v) is 13.3. The molecule has 0 saturated heterocycles. The molecule has 0 fully saturated rings. The van der Waals surface area contributed by atoms with E-state index in [1.54, 1.807) is 12.2 Å². The molecular formula is C14H28O3Si. The van der Waals surface area contributed by atoms with E-state index < -0.39 is 20.5 Å². The van der Waals surface area contributed by atoms with E-state index in [0.717, 1.165) is 0 Å². The molecule has 3 nitrogen and oxygen atoms in total. The quantitative estimate of drug-likeness (QED) is 0.553. The summed E-state index contributed by atoms with van der Waals surface area (Å²) in [5.74, 6) is 0. The highest BCUT2D eigenvalue weighted by Gasteiger charge is 2.37. The maximum Gasteiger partial charge on any atom is 0.192 e. The fourth-order valence-corrected chi connectivity index (χ4v) is 2.06. The Hall–Kier alpha value is -0.423. The van der Waals surface area contributed by atoms with Crippen molar-refractivity contribution in [3.8, 4) is 0 Å². The predicted octanol–water partition coefficient (Wildman–Crippen LogP) is 2.86. The van der Waals surface area contributed by atoms with Gasteiger partial charge in [-0.15, -0.1) is 6.58 Å². The maximum atomic E-state index is 9.77. The molecule has 0 aliphatic carbocycles. The summed E-state index contributed by atoms with van der Waals surface area (Å²) < 4.78 is 5.89. The molecule has 0 heterocycles. The molecule has 0 aromatic carbocycles. The second-order valence-electron chi connectivity index (χ2n) is 6.11. The zero-order chi connectivity index (χ0) is 14.4. The van der Waals surface area contributed by atoms with Gasteiger partial charge in [0.2, 0.25) is 0 Å². The molecule has 0 spiro atoms. The van der Waals surface area contributed by atoms with Gasteiger partial charge in [0, 0.05) is 0 Å². The molecule has 0 amide bonds. The van der Waals surface area contributed by atoms with Crippen molar-refractivity contribution in [1.82, 2.24) is 0 Å². The van der Waals surface area contributed by atoms with Crippen LogP contribution in [0, 0.1) is 0 Å². The molecule has 0 aromatic heterocycles. The van der Waals surface area contributed by atoms with Gasteiger partial charge in [-0.2, -0.15) is 0 Å². The summed E-state index contributed by atoms with van der Waals surface area (Å²) in [7, 11) is -1.80. The molecule has 0 aliphatic rings. The molecule has 0 aromatic rings.